The molecule has 0 aliphatic carbocycles. The predicted octanol–water partition coefficient (Wildman–Crippen LogP) is 3.08. The van der Waals surface area contributed by atoms with Gasteiger partial charge in [-0.1, -0.05) is 6.07 Å². The molecule has 0 aliphatic rings. The normalized spacial score (nSPS) is 10.5. The molecule has 1 heterocycles. The van der Waals surface area contributed by atoms with Crippen LogP contribution in [0.2, 0.25) is 0 Å². The van der Waals surface area contributed by atoms with Crippen LogP contribution in [0.3, 0.4) is 0 Å². The number of hydrogen-bond donors (Lipinski definition) is 1. The Morgan fingerprint density at radius 2 is 2.12 bits per heavy atom. The van der Waals surface area contributed by atoms with E-state index in [1.54, 1.807) is 36.5 Å². The monoisotopic (exact) mass is 328 g/mol. The zero-order valence-electron chi connectivity index (χ0n) is 13.9. The van der Waals surface area contributed by atoms with Gasteiger partial charge in [0, 0.05) is 43.7 Å². The summed E-state index contributed by atoms with van der Waals surface area (Å²) < 4.78 is 0. The van der Waals surface area contributed by atoms with Gasteiger partial charge in [-0.2, -0.15) is 0 Å². The molecule has 0 atom stereocenters. The van der Waals surface area contributed by atoms with Crippen LogP contribution in [0.5, 0.6) is 0 Å². The first-order chi connectivity index (χ1) is 11.4. The number of nitrogens with zero attached hydrogens (tertiary/aromatic N) is 3. The Kier molecular flexibility index (Phi) is 5.47. The second kappa shape index (κ2) is 7.54. The number of carbonyl (C=O) groups is 1. The molecule has 2 aromatic rings. The van der Waals surface area contributed by atoms with Crippen molar-refractivity contribution in [2.45, 2.75) is 26.4 Å². The standard InChI is InChI=1S/C17H20N4O3/c1-12(2)20(11-13-5-4-8-19-10-13)17(22)14-6-7-15(18-3)16(9-14)21(23)24/h4-10,12,18H,11H2,1-3H3. The van der Waals surface area contributed by atoms with Crippen LogP contribution in [0.15, 0.2) is 42.7 Å². The molecule has 1 aromatic heterocycles. The number of nitro groups is 1. The highest BCUT2D eigenvalue weighted by Crippen LogP contribution is 2.26. The fourth-order valence-electron chi connectivity index (χ4n) is 2.37. The van der Waals surface area contributed by atoms with E-state index < -0.39 is 4.92 Å². The lowest BCUT2D eigenvalue weighted by Gasteiger charge is -2.27. The smallest absolute Gasteiger partial charge is 0.293 e. The molecular weight excluding hydrogens is 308 g/mol. The number of nitrogens with one attached hydrogen (secondary N) is 1. The summed E-state index contributed by atoms with van der Waals surface area (Å²) in [5.41, 5.74) is 1.45. The fraction of sp³-hybridized carbons (Fsp3) is 0.294. The van der Waals surface area contributed by atoms with Gasteiger partial charge in [-0.15, -0.1) is 0 Å². The molecule has 0 spiro atoms. The molecule has 7 heteroatoms. The summed E-state index contributed by atoms with van der Waals surface area (Å²) >= 11 is 0. The van der Waals surface area contributed by atoms with Crippen molar-refractivity contribution in [2.24, 2.45) is 0 Å². The first kappa shape index (κ1) is 17.4. The molecule has 0 saturated heterocycles. The largest absolute Gasteiger partial charge is 0.383 e. The van der Waals surface area contributed by atoms with Crippen molar-refractivity contribution in [1.82, 2.24) is 9.88 Å². The van der Waals surface area contributed by atoms with E-state index in [1.807, 2.05) is 26.0 Å². The lowest BCUT2D eigenvalue weighted by Crippen LogP contribution is -2.36. The molecule has 0 aliphatic heterocycles. The molecule has 0 fully saturated rings. The number of rotatable bonds is 6. The minimum atomic E-state index is -0.497. The minimum absolute atomic E-state index is 0.0549. The van der Waals surface area contributed by atoms with Gasteiger partial charge in [0.1, 0.15) is 5.69 Å². The third-order valence-corrected chi connectivity index (χ3v) is 3.67. The van der Waals surface area contributed by atoms with Gasteiger partial charge >= 0.3 is 0 Å². The van der Waals surface area contributed by atoms with E-state index in [2.05, 4.69) is 10.3 Å². The van der Waals surface area contributed by atoms with Crippen molar-refractivity contribution in [3.63, 3.8) is 0 Å². The molecule has 1 N–H and O–H groups in total. The number of amides is 1. The number of anilines is 1. The van der Waals surface area contributed by atoms with Crippen molar-refractivity contribution < 1.29 is 9.72 Å². The van der Waals surface area contributed by atoms with Gasteiger partial charge in [0.05, 0.1) is 4.92 Å². The van der Waals surface area contributed by atoms with Gasteiger partial charge in [0.25, 0.3) is 11.6 Å². The van der Waals surface area contributed by atoms with Gasteiger partial charge in [-0.05, 0) is 37.6 Å². The summed E-state index contributed by atoms with van der Waals surface area (Å²) in [6, 6.07) is 8.11. The number of pyridine rings is 1. The van der Waals surface area contributed by atoms with Crippen molar-refractivity contribution in [3.8, 4) is 0 Å². The molecule has 7 nitrogen and oxygen atoms in total. The fourth-order valence-corrected chi connectivity index (χ4v) is 2.37. The van der Waals surface area contributed by atoms with Gasteiger partial charge in [0.2, 0.25) is 0 Å². The van der Waals surface area contributed by atoms with E-state index in [0.717, 1.165) is 5.56 Å². The van der Waals surface area contributed by atoms with Crippen LogP contribution in [-0.4, -0.2) is 33.8 Å². The number of aromatic nitrogens is 1. The molecule has 2 rings (SSSR count). The minimum Gasteiger partial charge on any atom is -0.383 e. The van der Waals surface area contributed by atoms with Gasteiger partial charge < -0.3 is 10.2 Å². The molecule has 0 bridgehead atoms. The summed E-state index contributed by atoms with van der Waals surface area (Å²) in [5, 5.41) is 13.9. The van der Waals surface area contributed by atoms with Gasteiger partial charge in [0.15, 0.2) is 0 Å². The topological polar surface area (TPSA) is 88.4 Å². The second-order valence-electron chi connectivity index (χ2n) is 5.63. The van der Waals surface area contributed by atoms with Gasteiger partial charge in [-0.3, -0.25) is 19.9 Å². The Morgan fingerprint density at radius 3 is 2.67 bits per heavy atom. The highest BCUT2D eigenvalue weighted by molar-refractivity contribution is 5.96. The van der Waals surface area contributed by atoms with Crippen LogP contribution in [0.25, 0.3) is 0 Å². The molecule has 0 radical (unpaired) electrons. The Labute approximate surface area is 140 Å². The van der Waals surface area contributed by atoms with E-state index >= 15 is 0 Å². The summed E-state index contributed by atoms with van der Waals surface area (Å²) in [6.07, 6.45) is 3.38. The Bertz CT molecular complexity index is 732. The van der Waals surface area contributed by atoms with Crippen molar-refractivity contribution in [2.75, 3.05) is 12.4 Å². The van der Waals surface area contributed by atoms with Crippen LogP contribution in [0.1, 0.15) is 29.8 Å². The third-order valence-electron chi connectivity index (χ3n) is 3.67. The number of hydrogen-bond acceptors (Lipinski definition) is 5. The first-order valence-electron chi connectivity index (χ1n) is 7.60. The summed E-state index contributed by atoms with van der Waals surface area (Å²) in [7, 11) is 1.60. The summed E-state index contributed by atoms with van der Waals surface area (Å²) in [6.45, 7) is 4.21. The number of benzene rings is 1. The zero-order valence-corrected chi connectivity index (χ0v) is 13.9. The lowest BCUT2D eigenvalue weighted by atomic mass is 10.1. The first-order valence-corrected chi connectivity index (χ1v) is 7.60. The second-order valence-corrected chi connectivity index (χ2v) is 5.63. The van der Waals surface area contributed by atoms with Crippen LogP contribution in [0.4, 0.5) is 11.4 Å². The molecule has 1 amide bonds. The molecule has 126 valence electrons. The number of nitro benzene ring substituents is 1. The summed E-state index contributed by atoms with van der Waals surface area (Å²) in [5.74, 6) is -0.250. The highest BCUT2D eigenvalue weighted by atomic mass is 16.6. The van der Waals surface area contributed by atoms with Crippen molar-refractivity contribution in [3.05, 3.63) is 64.0 Å². The maximum absolute atomic E-state index is 12.8. The van der Waals surface area contributed by atoms with E-state index in [0.29, 0.717) is 17.8 Å². The third kappa shape index (κ3) is 3.87. The maximum Gasteiger partial charge on any atom is 0.293 e. The van der Waals surface area contributed by atoms with Crippen LogP contribution in [0, 0.1) is 10.1 Å². The van der Waals surface area contributed by atoms with E-state index in [1.165, 1.54) is 6.07 Å². The highest BCUT2D eigenvalue weighted by Gasteiger charge is 2.22. The zero-order chi connectivity index (χ0) is 17.7. The molecule has 0 saturated carbocycles. The molecule has 0 unspecified atom stereocenters. The number of carbonyl (C=O) groups excluding carboxylic acids is 1. The Hall–Kier alpha value is -2.96. The lowest BCUT2D eigenvalue weighted by molar-refractivity contribution is -0.384. The molecule has 1 aromatic carbocycles. The van der Waals surface area contributed by atoms with Crippen molar-refractivity contribution in [1.29, 1.82) is 0 Å². The average molecular weight is 328 g/mol. The van der Waals surface area contributed by atoms with E-state index in [9.17, 15) is 14.9 Å². The SMILES string of the molecule is CNc1ccc(C(=O)N(Cc2cccnc2)C(C)C)cc1[N+](=O)[O-]. The Morgan fingerprint density at radius 1 is 1.38 bits per heavy atom. The maximum atomic E-state index is 12.8. The predicted molar refractivity (Wildman–Crippen MR) is 91.9 cm³/mol. The Balaban J connectivity index is 2.33. The van der Waals surface area contributed by atoms with Crippen LogP contribution >= 0.6 is 0 Å². The van der Waals surface area contributed by atoms with Crippen LogP contribution < -0.4 is 5.32 Å². The van der Waals surface area contributed by atoms with Gasteiger partial charge in [-0.25, -0.2) is 0 Å². The van der Waals surface area contributed by atoms with E-state index in [4.69, 9.17) is 0 Å². The molecule has 24 heavy (non-hydrogen) atoms. The quantitative estimate of drug-likeness (QED) is 0.650. The van der Waals surface area contributed by atoms with Crippen LogP contribution in [-0.2, 0) is 6.54 Å². The van der Waals surface area contributed by atoms with E-state index in [-0.39, 0.29) is 17.6 Å². The van der Waals surface area contributed by atoms with Crippen molar-refractivity contribution >= 4 is 17.3 Å². The summed E-state index contributed by atoms with van der Waals surface area (Å²) in [4.78, 5) is 29.2. The molecular formula is C17H20N4O3. The average Bonchev–Trinajstić information content (AvgIpc) is 2.59.